The van der Waals surface area contributed by atoms with Gasteiger partial charge in [-0.15, -0.1) is 0 Å². The van der Waals surface area contributed by atoms with Gasteiger partial charge in [0.05, 0.1) is 18.8 Å². The first kappa shape index (κ1) is 19.4. The predicted molar refractivity (Wildman–Crippen MR) is 77.7 cm³/mol. The molecule has 0 aliphatic carbocycles. The summed E-state index contributed by atoms with van der Waals surface area (Å²) in [7, 11) is 0. The molecule has 0 aliphatic heterocycles. The van der Waals surface area contributed by atoms with Gasteiger partial charge in [-0.2, -0.15) is 13.2 Å². The summed E-state index contributed by atoms with van der Waals surface area (Å²) in [4.78, 5) is 35.4. The molecule has 1 rings (SSSR count). The van der Waals surface area contributed by atoms with Gasteiger partial charge in [0, 0.05) is 0 Å². The van der Waals surface area contributed by atoms with Gasteiger partial charge >= 0.3 is 18.1 Å². The van der Waals surface area contributed by atoms with Gasteiger partial charge in [-0.1, -0.05) is 18.2 Å². The Bertz CT molecular complexity index is 662. The standard InChI is InChI=1S/C16H15F3O5/c1-3-23-14(21)11(13(20)15(22)24-4-2)9-10-7-5-6-8-12(10)16(17,18)19/h5-9H,3-4H2,1-2H3. The Labute approximate surface area is 136 Å². The number of ether oxygens (including phenoxy) is 2. The summed E-state index contributed by atoms with van der Waals surface area (Å²) in [5, 5.41) is 0. The molecule has 0 saturated carbocycles. The van der Waals surface area contributed by atoms with Crippen molar-refractivity contribution >= 4 is 23.8 Å². The Balaban J connectivity index is 3.40. The Morgan fingerprint density at radius 3 is 2.08 bits per heavy atom. The molecule has 0 saturated heterocycles. The number of carbonyl (C=O) groups is 3. The van der Waals surface area contributed by atoms with Crippen LogP contribution in [0.3, 0.4) is 0 Å². The zero-order valence-corrected chi connectivity index (χ0v) is 13.0. The minimum absolute atomic E-state index is 0.118. The van der Waals surface area contributed by atoms with Crippen LogP contribution in [-0.2, 0) is 30.0 Å². The van der Waals surface area contributed by atoms with E-state index in [0.717, 1.165) is 18.2 Å². The SMILES string of the molecule is CCOC(=O)C(=O)C(=Cc1ccccc1C(F)(F)F)C(=O)OCC. The van der Waals surface area contributed by atoms with Crippen molar-refractivity contribution in [2.75, 3.05) is 13.2 Å². The van der Waals surface area contributed by atoms with Crippen molar-refractivity contribution in [3.8, 4) is 0 Å². The van der Waals surface area contributed by atoms with E-state index in [1.807, 2.05) is 0 Å². The first-order valence-electron chi connectivity index (χ1n) is 6.98. The van der Waals surface area contributed by atoms with E-state index in [-0.39, 0.29) is 13.2 Å². The van der Waals surface area contributed by atoms with Gasteiger partial charge < -0.3 is 9.47 Å². The van der Waals surface area contributed by atoms with Gasteiger partial charge in [0.1, 0.15) is 5.57 Å². The summed E-state index contributed by atoms with van der Waals surface area (Å²) in [5.41, 5.74) is -2.32. The number of carbonyl (C=O) groups excluding carboxylic acids is 3. The summed E-state index contributed by atoms with van der Waals surface area (Å²) >= 11 is 0. The zero-order chi connectivity index (χ0) is 18.3. The quantitative estimate of drug-likeness (QED) is 0.261. The molecule has 0 unspecified atom stereocenters. The zero-order valence-electron chi connectivity index (χ0n) is 13.0. The number of ketones is 1. The van der Waals surface area contributed by atoms with Gasteiger partial charge in [0.15, 0.2) is 0 Å². The lowest BCUT2D eigenvalue weighted by Gasteiger charge is -2.11. The Kier molecular flexibility index (Phi) is 6.69. The summed E-state index contributed by atoms with van der Waals surface area (Å²) < 4.78 is 48.1. The molecule has 8 heteroatoms. The molecular formula is C16H15F3O5. The second-order valence-corrected chi connectivity index (χ2v) is 4.41. The molecular weight excluding hydrogens is 329 g/mol. The monoisotopic (exact) mass is 344 g/mol. The van der Waals surface area contributed by atoms with Crippen LogP contribution >= 0.6 is 0 Å². The summed E-state index contributed by atoms with van der Waals surface area (Å²) in [6.45, 7) is 2.65. The van der Waals surface area contributed by atoms with Crippen molar-refractivity contribution in [3.63, 3.8) is 0 Å². The number of esters is 2. The normalized spacial score (nSPS) is 11.8. The van der Waals surface area contributed by atoms with Crippen molar-refractivity contribution in [2.24, 2.45) is 0 Å². The highest BCUT2D eigenvalue weighted by atomic mass is 19.4. The lowest BCUT2D eigenvalue weighted by atomic mass is 10.0. The first-order chi connectivity index (χ1) is 11.2. The van der Waals surface area contributed by atoms with Crippen molar-refractivity contribution in [3.05, 3.63) is 41.0 Å². The highest BCUT2D eigenvalue weighted by Gasteiger charge is 2.34. The molecule has 1 aromatic rings. The molecule has 0 aromatic heterocycles. The van der Waals surface area contributed by atoms with E-state index in [2.05, 4.69) is 9.47 Å². The van der Waals surface area contributed by atoms with Crippen LogP contribution in [0.25, 0.3) is 6.08 Å². The minimum atomic E-state index is -4.69. The molecule has 0 spiro atoms. The number of hydrogen-bond donors (Lipinski definition) is 0. The third kappa shape index (κ3) is 4.94. The third-order valence-corrected chi connectivity index (χ3v) is 2.77. The molecule has 0 fully saturated rings. The second kappa shape index (κ2) is 8.28. The lowest BCUT2D eigenvalue weighted by molar-refractivity contribution is -0.153. The van der Waals surface area contributed by atoms with E-state index in [1.54, 1.807) is 0 Å². The molecule has 1 aromatic carbocycles. The van der Waals surface area contributed by atoms with E-state index in [1.165, 1.54) is 19.9 Å². The van der Waals surface area contributed by atoms with Gasteiger partial charge in [0.25, 0.3) is 5.78 Å². The Morgan fingerprint density at radius 2 is 1.54 bits per heavy atom. The van der Waals surface area contributed by atoms with E-state index >= 15 is 0 Å². The van der Waals surface area contributed by atoms with Crippen molar-refractivity contribution in [1.82, 2.24) is 0 Å². The Morgan fingerprint density at radius 1 is 1.00 bits per heavy atom. The number of halogens is 3. The van der Waals surface area contributed by atoms with E-state index < -0.39 is 40.6 Å². The minimum Gasteiger partial charge on any atom is -0.462 e. The van der Waals surface area contributed by atoms with E-state index in [4.69, 9.17) is 0 Å². The fourth-order valence-corrected chi connectivity index (χ4v) is 1.77. The highest BCUT2D eigenvalue weighted by molar-refractivity contribution is 6.47. The number of hydrogen-bond acceptors (Lipinski definition) is 5. The smallest absolute Gasteiger partial charge is 0.416 e. The van der Waals surface area contributed by atoms with E-state index in [9.17, 15) is 27.6 Å². The Hall–Kier alpha value is -2.64. The number of Topliss-reactive ketones (excluding diaryl/α,β-unsaturated/α-hetero) is 1. The van der Waals surface area contributed by atoms with Crippen LogP contribution < -0.4 is 0 Å². The van der Waals surface area contributed by atoms with Crippen molar-refractivity contribution < 1.29 is 37.0 Å². The topological polar surface area (TPSA) is 69.7 Å². The fraction of sp³-hybridized carbons (Fsp3) is 0.312. The third-order valence-electron chi connectivity index (χ3n) is 2.77. The number of rotatable bonds is 6. The molecule has 0 N–H and O–H groups in total. The summed E-state index contributed by atoms with van der Waals surface area (Å²) in [5.74, 6) is -3.92. The molecule has 0 heterocycles. The molecule has 0 amide bonds. The molecule has 24 heavy (non-hydrogen) atoms. The number of benzene rings is 1. The summed E-state index contributed by atoms with van der Waals surface area (Å²) in [6, 6.07) is 4.33. The van der Waals surface area contributed by atoms with Crippen LogP contribution in [0, 0.1) is 0 Å². The van der Waals surface area contributed by atoms with Crippen LogP contribution in [-0.4, -0.2) is 30.9 Å². The molecule has 0 aliphatic rings. The lowest BCUT2D eigenvalue weighted by Crippen LogP contribution is -2.25. The maximum absolute atomic E-state index is 13.0. The van der Waals surface area contributed by atoms with Gasteiger partial charge in [-0.3, -0.25) is 4.79 Å². The highest BCUT2D eigenvalue weighted by Crippen LogP contribution is 2.33. The molecule has 5 nitrogen and oxygen atoms in total. The van der Waals surface area contributed by atoms with Crippen LogP contribution in [0.1, 0.15) is 25.0 Å². The number of alkyl halides is 3. The maximum Gasteiger partial charge on any atom is 0.416 e. The fourth-order valence-electron chi connectivity index (χ4n) is 1.77. The molecule has 0 bridgehead atoms. The largest absolute Gasteiger partial charge is 0.462 e. The van der Waals surface area contributed by atoms with Crippen molar-refractivity contribution in [2.45, 2.75) is 20.0 Å². The van der Waals surface area contributed by atoms with Crippen LogP contribution in [0.4, 0.5) is 13.2 Å². The first-order valence-corrected chi connectivity index (χ1v) is 6.98. The predicted octanol–water partition coefficient (Wildman–Crippen LogP) is 2.78. The maximum atomic E-state index is 13.0. The molecule has 0 radical (unpaired) electrons. The van der Waals surface area contributed by atoms with Crippen LogP contribution in [0.2, 0.25) is 0 Å². The molecule has 0 atom stereocenters. The second-order valence-electron chi connectivity index (χ2n) is 4.41. The summed E-state index contributed by atoms with van der Waals surface area (Å²) in [6.07, 6.45) is -4.01. The van der Waals surface area contributed by atoms with Crippen LogP contribution in [0.5, 0.6) is 0 Å². The van der Waals surface area contributed by atoms with Gasteiger partial charge in [-0.05, 0) is 31.6 Å². The molecule has 130 valence electrons. The van der Waals surface area contributed by atoms with E-state index in [0.29, 0.717) is 6.08 Å². The average Bonchev–Trinajstić information content (AvgIpc) is 2.51. The van der Waals surface area contributed by atoms with Gasteiger partial charge in [-0.25, -0.2) is 9.59 Å². The average molecular weight is 344 g/mol. The van der Waals surface area contributed by atoms with Crippen molar-refractivity contribution in [1.29, 1.82) is 0 Å². The van der Waals surface area contributed by atoms with Gasteiger partial charge in [0.2, 0.25) is 0 Å². The van der Waals surface area contributed by atoms with Crippen LogP contribution in [0.15, 0.2) is 29.8 Å².